The second-order valence-corrected chi connectivity index (χ2v) is 5.80. The number of fused-ring (bicyclic) bond motifs is 1. The first kappa shape index (κ1) is 13.0. The molecule has 2 aliphatic rings. The van der Waals surface area contributed by atoms with Crippen LogP contribution in [0.2, 0.25) is 0 Å². The van der Waals surface area contributed by atoms with Crippen molar-refractivity contribution in [1.29, 1.82) is 0 Å². The molecule has 2 N–H and O–H groups in total. The second kappa shape index (κ2) is 5.97. The van der Waals surface area contributed by atoms with Crippen molar-refractivity contribution in [3.8, 4) is 0 Å². The summed E-state index contributed by atoms with van der Waals surface area (Å²) >= 11 is 0. The van der Waals surface area contributed by atoms with E-state index in [0.29, 0.717) is 12.0 Å². The van der Waals surface area contributed by atoms with Crippen LogP contribution in [0.4, 0.5) is 0 Å². The van der Waals surface area contributed by atoms with Crippen molar-refractivity contribution in [2.75, 3.05) is 13.2 Å². The Morgan fingerprint density at radius 2 is 2.26 bits per heavy atom. The second-order valence-electron chi connectivity index (χ2n) is 5.80. The molecular weight excluding hydrogens is 238 g/mol. The van der Waals surface area contributed by atoms with Crippen LogP contribution in [0.5, 0.6) is 0 Å². The fourth-order valence-corrected chi connectivity index (χ4v) is 3.10. The van der Waals surface area contributed by atoms with Crippen LogP contribution in [0.25, 0.3) is 0 Å². The molecule has 1 fully saturated rings. The maximum absolute atomic E-state index is 5.76. The van der Waals surface area contributed by atoms with Crippen LogP contribution in [0.1, 0.15) is 42.8 Å². The van der Waals surface area contributed by atoms with Gasteiger partial charge in [0.2, 0.25) is 0 Å². The Hall–Kier alpha value is -1.00. The van der Waals surface area contributed by atoms with Crippen LogP contribution >= 0.6 is 0 Å². The molecule has 1 aliphatic carbocycles. The third-order valence-corrected chi connectivity index (χ3v) is 4.32. The first-order valence-electron chi connectivity index (χ1n) is 7.50. The summed E-state index contributed by atoms with van der Waals surface area (Å²) in [5.41, 5.74) is 8.30. The van der Waals surface area contributed by atoms with Crippen LogP contribution < -0.4 is 5.73 Å². The zero-order valence-electron chi connectivity index (χ0n) is 11.5. The minimum atomic E-state index is 0.326. The van der Waals surface area contributed by atoms with Gasteiger partial charge >= 0.3 is 0 Å². The molecule has 2 atom stereocenters. The Balaban J connectivity index is 1.67. The molecule has 0 spiro atoms. The molecule has 4 nitrogen and oxygen atoms in total. The molecule has 1 aliphatic heterocycles. The van der Waals surface area contributed by atoms with Gasteiger partial charge in [0, 0.05) is 24.9 Å². The largest absolute Gasteiger partial charge is 0.378 e. The van der Waals surface area contributed by atoms with E-state index in [0.717, 1.165) is 44.7 Å². The Morgan fingerprint density at radius 1 is 1.32 bits per heavy atom. The lowest BCUT2D eigenvalue weighted by molar-refractivity contribution is 0.0156. The molecule has 2 unspecified atom stereocenters. The van der Waals surface area contributed by atoms with Gasteiger partial charge in [0.15, 0.2) is 0 Å². The summed E-state index contributed by atoms with van der Waals surface area (Å²) in [6.07, 6.45) is 10.1. The summed E-state index contributed by atoms with van der Waals surface area (Å²) < 4.78 is 5.76. The van der Waals surface area contributed by atoms with E-state index in [4.69, 9.17) is 15.5 Å². The number of nitrogens with two attached hydrogens (primary N) is 1. The molecule has 4 heteroatoms. The third kappa shape index (κ3) is 3.12. The SMILES string of the molecule is NCC1CCc2nc(CC3CCCCO3)ncc2C1. The Labute approximate surface area is 114 Å². The topological polar surface area (TPSA) is 61.0 Å². The highest BCUT2D eigenvalue weighted by Gasteiger charge is 2.21. The minimum Gasteiger partial charge on any atom is -0.378 e. The average Bonchev–Trinajstić information content (AvgIpc) is 2.48. The molecule has 3 rings (SSSR count). The fourth-order valence-electron chi connectivity index (χ4n) is 3.10. The average molecular weight is 261 g/mol. The molecule has 0 saturated carbocycles. The molecule has 1 aromatic heterocycles. The van der Waals surface area contributed by atoms with E-state index in [-0.39, 0.29) is 0 Å². The molecule has 1 saturated heterocycles. The van der Waals surface area contributed by atoms with Crippen molar-refractivity contribution in [3.63, 3.8) is 0 Å². The summed E-state index contributed by atoms with van der Waals surface area (Å²) in [6.45, 7) is 1.67. The maximum Gasteiger partial charge on any atom is 0.131 e. The maximum atomic E-state index is 5.76. The van der Waals surface area contributed by atoms with E-state index in [1.807, 2.05) is 6.20 Å². The number of hydrogen-bond donors (Lipinski definition) is 1. The lowest BCUT2D eigenvalue weighted by atomic mass is 9.87. The molecule has 19 heavy (non-hydrogen) atoms. The lowest BCUT2D eigenvalue weighted by Crippen LogP contribution is -2.25. The molecule has 0 radical (unpaired) electrons. The summed E-state index contributed by atoms with van der Waals surface area (Å²) in [6, 6.07) is 0. The van der Waals surface area contributed by atoms with E-state index < -0.39 is 0 Å². The number of aromatic nitrogens is 2. The highest BCUT2D eigenvalue weighted by Crippen LogP contribution is 2.23. The summed E-state index contributed by atoms with van der Waals surface area (Å²) in [7, 11) is 0. The minimum absolute atomic E-state index is 0.326. The molecule has 2 heterocycles. The van der Waals surface area contributed by atoms with Gasteiger partial charge < -0.3 is 10.5 Å². The van der Waals surface area contributed by atoms with Gasteiger partial charge in [0.25, 0.3) is 0 Å². The summed E-state index contributed by atoms with van der Waals surface area (Å²) in [5.74, 6) is 1.57. The Kier molecular flexibility index (Phi) is 4.09. The summed E-state index contributed by atoms with van der Waals surface area (Å²) in [5, 5.41) is 0. The number of nitrogens with zero attached hydrogens (tertiary/aromatic N) is 2. The Bertz CT molecular complexity index is 429. The van der Waals surface area contributed by atoms with Crippen LogP contribution in [0.15, 0.2) is 6.20 Å². The highest BCUT2D eigenvalue weighted by atomic mass is 16.5. The number of aryl methyl sites for hydroxylation is 1. The fraction of sp³-hybridized carbons (Fsp3) is 0.733. The van der Waals surface area contributed by atoms with Crippen molar-refractivity contribution < 1.29 is 4.74 Å². The monoisotopic (exact) mass is 261 g/mol. The van der Waals surface area contributed by atoms with Gasteiger partial charge in [-0.1, -0.05) is 0 Å². The normalized spacial score (nSPS) is 27.0. The van der Waals surface area contributed by atoms with Crippen LogP contribution in [0.3, 0.4) is 0 Å². The van der Waals surface area contributed by atoms with E-state index in [1.54, 1.807) is 0 Å². The first-order valence-corrected chi connectivity index (χ1v) is 7.50. The lowest BCUT2D eigenvalue weighted by Gasteiger charge is -2.24. The van der Waals surface area contributed by atoms with Crippen molar-refractivity contribution in [2.24, 2.45) is 11.7 Å². The molecule has 104 valence electrons. The van der Waals surface area contributed by atoms with Crippen molar-refractivity contribution >= 4 is 0 Å². The van der Waals surface area contributed by atoms with Crippen LogP contribution in [0, 0.1) is 5.92 Å². The zero-order chi connectivity index (χ0) is 13.1. The molecular formula is C15H23N3O. The summed E-state index contributed by atoms with van der Waals surface area (Å²) in [4.78, 5) is 9.27. The van der Waals surface area contributed by atoms with E-state index in [2.05, 4.69) is 4.98 Å². The standard InChI is InChI=1S/C15H23N3O/c16-9-11-4-5-14-12(7-11)10-17-15(18-14)8-13-3-1-2-6-19-13/h10-11,13H,1-9,16H2. The quantitative estimate of drug-likeness (QED) is 0.898. The van der Waals surface area contributed by atoms with Crippen molar-refractivity contribution in [3.05, 3.63) is 23.3 Å². The van der Waals surface area contributed by atoms with E-state index in [9.17, 15) is 0 Å². The number of rotatable bonds is 3. The highest BCUT2D eigenvalue weighted by molar-refractivity contribution is 5.21. The smallest absolute Gasteiger partial charge is 0.131 e. The molecule has 0 bridgehead atoms. The van der Waals surface area contributed by atoms with Gasteiger partial charge in [-0.25, -0.2) is 9.97 Å². The van der Waals surface area contributed by atoms with E-state index >= 15 is 0 Å². The van der Waals surface area contributed by atoms with Gasteiger partial charge in [-0.3, -0.25) is 0 Å². The molecule has 0 aromatic carbocycles. The number of ether oxygens (including phenoxy) is 1. The van der Waals surface area contributed by atoms with Crippen LogP contribution in [-0.4, -0.2) is 29.2 Å². The van der Waals surface area contributed by atoms with Gasteiger partial charge in [-0.2, -0.15) is 0 Å². The predicted molar refractivity (Wildman–Crippen MR) is 73.9 cm³/mol. The first-order chi connectivity index (χ1) is 9.35. The van der Waals surface area contributed by atoms with Crippen molar-refractivity contribution in [2.45, 2.75) is 51.0 Å². The molecule has 0 amide bonds. The van der Waals surface area contributed by atoms with Crippen molar-refractivity contribution in [1.82, 2.24) is 9.97 Å². The van der Waals surface area contributed by atoms with Gasteiger partial charge in [0.05, 0.1) is 6.10 Å². The Morgan fingerprint density at radius 3 is 3.05 bits per heavy atom. The van der Waals surface area contributed by atoms with Crippen LogP contribution in [-0.2, 0) is 24.0 Å². The predicted octanol–water partition coefficient (Wildman–Crippen LogP) is 1.65. The molecule has 1 aromatic rings. The van der Waals surface area contributed by atoms with Gasteiger partial charge in [0.1, 0.15) is 5.82 Å². The van der Waals surface area contributed by atoms with E-state index in [1.165, 1.54) is 30.5 Å². The van der Waals surface area contributed by atoms with Gasteiger partial charge in [-0.15, -0.1) is 0 Å². The number of hydrogen-bond acceptors (Lipinski definition) is 4. The van der Waals surface area contributed by atoms with Gasteiger partial charge in [-0.05, 0) is 56.6 Å². The zero-order valence-corrected chi connectivity index (χ0v) is 11.5. The third-order valence-electron chi connectivity index (χ3n) is 4.32.